The topological polar surface area (TPSA) is 125 Å². The average Bonchev–Trinajstić information content (AvgIpc) is 2.75. The van der Waals surface area contributed by atoms with Crippen LogP contribution < -0.4 is 15.4 Å². The predicted octanol–water partition coefficient (Wildman–Crippen LogP) is 1.22. The van der Waals surface area contributed by atoms with E-state index in [1.807, 2.05) is 0 Å². The van der Waals surface area contributed by atoms with Crippen molar-refractivity contribution in [1.82, 2.24) is 15.4 Å². The fourth-order valence-corrected chi connectivity index (χ4v) is 3.53. The second kappa shape index (κ2) is 12.2. The van der Waals surface area contributed by atoms with Crippen molar-refractivity contribution in [3.8, 4) is 16.5 Å². The highest BCUT2D eigenvalue weighted by molar-refractivity contribution is 9.12. The molecule has 0 aliphatic carbocycles. The van der Waals surface area contributed by atoms with Crippen LogP contribution in [0.2, 0.25) is 0 Å². The first-order valence-corrected chi connectivity index (χ1v) is 12.3. The molecule has 0 saturated heterocycles. The van der Waals surface area contributed by atoms with Gasteiger partial charge < -0.3 is 15.7 Å². The van der Waals surface area contributed by atoms with Gasteiger partial charge in [0.15, 0.2) is 0 Å². The van der Waals surface area contributed by atoms with Crippen LogP contribution in [-0.4, -0.2) is 50.7 Å². The summed E-state index contributed by atoms with van der Waals surface area (Å²) in [6.07, 6.45) is 1.18. The Hall–Kier alpha value is -2.87. The summed E-state index contributed by atoms with van der Waals surface area (Å²) in [4.78, 5) is 28.4. The molecule has 2 aromatic carbocycles. The van der Waals surface area contributed by atoms with E-state index in [9.17, 15) is 23.1 Å². The van der Waals surface area contributed by atoms with E-state index < -0.39 is 33.8 Å². The van der Waals surface area contributed by atoms with Crippen LogP contribution in [0.4, 0.5) is 0 Å². The van der Waals surface area contributed by atoms with Crippen molar-refractivity contribution >= 4 is 37.8 Å². The summed E-state index contributed by atoms with van der Waals surface area (Å²) in [5.74, 6) is 0.956. The molecule has 10 heteroatoms. The number of carbonyl (C=O) groups excluding carboxylic acids is 2. The molecule has 2 aromatic rings. The van der Waals surface area contributed by atoms with Crippen molar-refractivity contribution in [2.24, 2.45) is 0 Å². The molecule has 0 aliphatic heterocycles. The van der Waals surface area contributed by atoms with Crippen LogP contribution in [0, 0.1) is 10.8 Å². The number of halogens is 1. The van der Waals surface area contributed by atoms with Gasteiger partial charge in [0, 0.05) is 28.9 Å². The van der Waals surface area contributed by atoms with Crippen LogP contribution in [0.3, 0.4) is 0 Å². The quantitative estimate of drug-likeness (QED) is 0.350. The lowest BCUT2D eigenvalue weighted by atomic mass is 9.97. The minimum absolute atomic E-state index is 0.0855. The van der Waals surface area contributed by atoms with E-state index in [1.54, 1.807) is 42.5 Å². The maximum atomic E-state index is 13.1. The number of phenols is 1. The second-order valence-electron chi connectivity index (χ2n) is 7.00. The van der Waals surface area contributed by atoms with Gasteiger partial charge in [-0.2, -0.15) is 0 Å². The van der Waals surface area contributed by atoms with Gasteiger partial charge in [0.25, 0.3) is 0 Å². The molecule has 0 bridgehead atoms. The summed E-state index contributed by atoms with van der Waals surface area (Å²) >= 11 is 2.95. The van der Waals surface area contributed by atoms with E-state index in [-0.39, 0.29) is 25.3 Å². The molecule has 2 unspecified atom stereocenters. The number of aromatic hydroxyl groups is 1. The molecule has 0 fully saturated rings. The zero-order valence-corrected chi connectivity index (χ0v) is 19.7. The number of phenolic OH excluding ortho intramolecular Hbond substituents is 1. The molecule has 32 heavy (non-hydrogen) atoms. The number of carbonyl (C=O) groups is 2. The van der Waals surface area contributed by atoms with Crippen LogP contribution in [0.5, 0.6) is 5.75 Å². The van der Waals surface area contributed by atoms with Gasteiger partial charge in [-0.05, 0) is 28.1 Å². The Bertz CT molecular complexity index is 1080. The molecule has 0 heterocycles. The van der Waals surface area contributed by atoms with Crippen LogP contribution in [0.1, 0.15) is 17.0 Å². The van der Waals surface area contributed by atoms with Crippen LogP contribution in [0.15, 0.2) is 54.6 Å². The lowest BCUT2D eigenvalue weighted by Gasteiger charge is -2.23. The Labute approximate surface area is 196 Å². The summed E-state index contributed by atoms with van der Waals surface area (Å²) in [5.41, 5.74) is 1.33. The summed E-state index contributed by atoms with van der Waals surface area (Å²) in [5, 5.41) is 14.9. The highest BCUT2D eigenvalue weighted by Crippen LogP contribution is 2.17. The SMILES string of the molecule is CS(=O)(=O)NCC(C(=O)NC(Cc1ccc(O)cc1)C(=O)NCC#CBr)c1ccccc1. The molecule has 8 nitrogen and oxygen atoms in total. The van der Waals surface area contributed by atoms with Crippen LogP contribution >= 0.6 is 15.9 Å². The number of hydrogen-bond acceptors (Lipinski definition) is 5. The smallest absolute Gasteiger partial charge is 0.243 e. The van der Waals surface area contributed by atoms with Gasteiger partial charge >= 0.3 is 0 Å². The molecule has 0 aliphatic rings. The van der Waals surface area contributed by atoms with Crippen molar-refractivity contribution in [3.05, 3.63) is 65.7 Å². The van der Waals surface area contributed by atoms with E-state index in [0.29, 0.717) is 5.56 Å². The highest BCUT2D eigenvalue weighted by Gasteiger charge is 2.27. The van der Waals surface area contributed by atoms with Crippen molar-refractivity contribution in [3.63, 3.8) is 0 Å². The summed E-state index contributed by atoms with van der Waals surface area (Å²) in [7, 11) is -3.53. The fourth-order valence-electron chi connectivity index (χ4n) is 2.92. The maximum Gasteiger partial charge on any atom is 0.243 e. The largest absolute Gasteiger partial charge is 0.508 e. The molecule has 0 radical (unpaired) electrons. The summed E-state index contributed by atoms with van der Waals surface area (Å²) in [6.45, 7) is -0.0684. The summed E-state index contributed by atoms with van der Waals surface area (Å²) < 4.78 is 25.5. The number of hydrogen-bond donors (Lipinski definition) is 4. The van der Waals surface area contributed by atoms with Gasteiger partial charge in [-0.3, -0.25) is 9.59 Å². The Morgan fingerprint density at radius 2 is 1.72 bits per heavy atom. The van der Waals surface area contributed by atoms with Gasteiger partial charge in [-0.1, -0.05) is 48.4 Å². The average molecular weight is 522 g/mol. The molecule has 2 rings (SSSR count). The van der Waals surface area contributed by atoms with Gasteiger partial charge in [-0.25, -0.2) is 13.1 Å². The number of rotatable bonds is 10. The lowest BCUT2D eigenvalue weighted by Crippen LogP contribution is -2.50. The molecule has 0 aromatic heterocycles. The van der Waals surface area contributed by atoms with Gasteiger partial charge in [-0.15, -0.1) is 0 Å². The maximum absolute atomic E-state index is 13.1. The molecular formula is C22H24BrN3O5S. The van der Waals surface area contributed by atoms with E-state index in [4.69, 9.17) is 0 Å². The number of benzene rings is 2. The van der Waals surface area contributed by atoms with Gasteiger partial charge in [0.2, 0.25) is 21.8 Å². The van der Waals surface area contributed by atoms with Gasteiger partial charge in [0.05, 0.1) is 18.7 Å². The Morgan fingerprint density at radius 3 is 2.31 bits per heavy atom. The highest BCUT2D eigenvalue weighted by atomic mass is 79.9. The van der Waals surface area contributed by atoms with Crippen molar-refractivity contribution < 1.29 is 23.1 Å². The van der Waals surface area contributed by atoms with Crippen molar-refractivity contribution in [1.29, 1.82) is 0 Å². The summed E-state index contributed by atoms with van der Waals surface area (Å²) in [6, 6.07) is 14.1. The third kappa shape index (κ3) is 8.70. The Morgan fingerprint density at radius 1 is 1.06 bits per heavy atom. The van der Waals surface area contributed by atoms with E-state index >= 15 is 0 Å². The lowest BCUT2D eigenvalue weighted by molar-refractivity contribution is -0.129. The monoisotopic (exact) mass is 521 g/mol. The van der Waals surface area contributed by atoms with Crippen LogP contribution in [-0.2, 0) is 26.0 Å². The standard InChI is InChI=1S/C22H24BrN3O5S/c1-32(30,31)25-15-19(17-6-3-2-4-7-17)21(28)26-20(22(29)24-13-5-12-23)14-16-8-10-18(27)11-9-16/h2-4,6-11,19-20,25,27H,13-15H2,1H3,(H,24,29)(H,26,28). The number of sulfonamides is 1. The van der Waals surface area contributed by atoms with Crippen LogP contribution in [0.25, 0.3) is 0 Å². The minimum Gasteiger partial charge on any atom is -0.508 e. The van der Waals surface area contributed by atoms with E-state index in [0.717, 1.165) is 11.8 Å². The minimum atomic E-state index is -3.53. The van der Waals surface area contributed by atoms with Crippen molar-refractivity contribution in [2.75, 3.05) is 19.3 Å². The molecule has 0 saturated carbocycles. The van der Waals surface area contributed by atoms with Crippen molar-refractivity contribution in [2.45, 2.75) is 18.4 Å². The first kappa shape index (κ1) is 25.4. The molecule has 0 spiro atoms. The van der Waals surface area contributed by atoms with Gasteiger partial charge in [0.1, 0.15) is 11.8 Å². The molecule has 4 N–H and O–H groups in total. The second-order valence-corrected chi connectivity index (χ2v) is 9.23. The third-order valence-electron chi connectivity index (χ3n) is 4.50. The first-order chi connectivity index (χ1) is 15.2. The normalized spacial score (nSPS) is 12.7. The molecular weight excluding hydrogens is 498 g/mol. The fraction of sp³-hybridized carbons (Fsp3) is 0.273. The number of nitrogens with one attached hydrogen (secondary N) is 3. The molecule has 2 atom stereocenters. The Kier molecular flexibility index (Phi) is 9.71. The molecule has 2 amide bonds. The zero-order chi connectivity index (χ0) is 23.6. The first-order valence-electron chi connectivity index (χ1n) is 9.63. The predicted molar refractivity (Wildman–Crippen MR) is 125 cm³/mol. The zero-order valence-electron chi connectivity index (χ0n) is 17.3. The van der Waals surface area contributed by atoms with E-state index in [2.05, 4.69) is 42.0 Å². The Balaban J connectivity index is 2.25. The number of amides is 2. The van der Waals surface area contributed by atoms with E-state index in [1.165, 1.54) is 12.1 Å². The molecule has 170 valence electrons. The third-order valence-corrected chi connectivity index (χ3v) is 5.47.